The summed E-state index contributed by atoms with van der Waals surface area (Å²) in [5.41, 5.74) is 0. The van der Waals surface area contributed by atoms with Gasteiger partial charge in [0, 0.05) is 6.92 Å². The Morgan fingerprint density at radius 3 is 2.14 bits per heavy atom. The number of thiocarbonyl (C=S) groups is 1. The van der Waals surface area contributed by atoms with Crippen molar-refractivity contribution in [3.63, 3.8) is 0 Å². The van der Waals surface area contributed by atoms with Gasteiger partial charge in [0.15, 0.2) is 5.05 Å². The van der Waals surface area contributed by atoms with Gasteiger partial charge in [0.2, 0.25) is 0 Å². The van der Waals surface area contributed by atoms with Gasteiger partial charge in [0.05, 0.1) is 0 Å². The molecular weight excluding hydrogens is 122 g/mol. The molecule has 0 saturated carbocycles. The van der Waals surface area contributed by atoms with E-state index in [0.29, 0.717) is 0 Å². The molecule has 0 aliphatic rings. The van der Waals surface area contributed by atoms with Gasteiger partial charge in [-0.1, -0.05) is 0 Å². The van der Waals surface area contributed by atoms with Crippen molar-refractivity contribution in [3.05, 3.63) is 0 Å². The number of ether oxygens (including phenoxy) is 1. The molecule has 42 valence electrons. The van der Waals surface area contributed by atoms with Gasteiger partial charge >= 0.3 is 6.61 Å². The van der Waals surface area contributed by atoms with Crippen LogP contribution in [0, 0.1) is 0 Å². The first-order valence-electron chi connectivity index (χ1n) is 1.58. The van der Waals surface area contributed by atoms with Gasteiger partial charge in [-0.3, -0.25) is 0 Å². The van der Waals surface area contributed by atoms with Crippen LogP contribution in [-0.2, 0) is 4.74 Å². The molecule has 0 unspecified atom stereocenters. The summed E-state index contributed by atoms with van der Waals surface area (Å²) < 4.78 is 25.6. The average Bonchev–Trinajstić information content (AvgIpc) is 1.27. The van der Waals surface area contributed by atoms with Crippen LogP contribution in [0.4, 0.5) is 8.78 Å². The molecule has 0 heterocycles. The van der Waals surface area contributed by atoms with E-state index < -0.39 is 6.61 Å². The lowest BCUT2D eigenvalue weighted by atomic mass is 10.9. The van der Waals surface area contributed by atoms with Gasteiger partial charge in [-0.2, -0.15) is 8.78 Å². The van der Waals surface area contributed by atoms with Crippen molar-refractivity contribution in [1.82, 2.24) is 0 Å². The van der Waals surface area contributed by atoms with Crippen molar-refractivity contribution in [2.75, 3.05) is 0 Å². The summed E-state index contributed by atoms with van der Waals surface area (Å²) in [6.07, 6.45) is 0. The monoisotopic (exact) mass is 126 g/mol. The second-order valence-corrected chi connectivity index (χ2v) is 1.45. The Kier molecular flexibility index (Phi) is 2.75. The Balaban J connectivity index is 3.13. The topological polar surface area (TPSA) is 9.23 Å². The molecule has 0 radical (unpaired) electrons. The van der Waals surface area contributed by atoms with Gasteiger partial charge < -0.3 is 4.74 Å². The Labute approximate surface area is 45.3 Å². The maximum atomic E-state index is 11.0. The van der Waals surface area contributed by atoms with Crippen LogP contribution in [0.15, 0.2) is 0 Å². The Hall–Kier alpha value is -0.250. The average molecular weight is 126 g/mol. The molecule has 0 N–H and O–H groups in total. The number of hydrogen-bond acceptors (Lipinski definition) is 2. The summed E-state index contributed by atoms with van der Waals surface area (Å²) in [7, 11) is 0. The molecule has 0 aromatic rings. The molecule has 0 spiro atoms. The van der Waals surface area contributed by atoms with Crippen LogP contribution in [-0.4, -0.2) is 11.7 Å². The van der Waals surface area contributed by atoms with Crippen LogP contribution in [0.1, 0.15) is 6.92 Å². The molecule has 7 heavy (non-hydrogen) atoms. The lowest BCUT2D eigenvalue weighted by molar-refractivity contribution is -0.0582. The quantitative estimate of drug-likeness (QED) is 0.493. The minimum absolute atomic E-state index is 0.130. The highest BCUT2D eigenvalue weighted by molar-refractivity contribution is 7.80. The zero-order valence-corrected chi connectivity index (χ0v) is 4.47. The second kappa shape index (κ2) is 2.85. The fourth-order valence-electron chi connectivity index (χ4n) is 0.125. The first-order valence-corrected chi connectivity index (χ1v) is 1.99. The van der Waals surface area contributed by atoms with Crippen LogP contribution in [0.25, 0.3) is 0 Å². The predicted molar refractivity (Wildman–Crippen MR) is 25.4 cm³/mol. The largest absolute Gasteiger partial charge is 0.428 e. The standard InChI is InChI=1S/C3H4F2OS/c1-2(7)6-3(4)5/h3H,1H3. The number of halogens is 2. The van der Waals surface area contributed by atoms with Gasteiger partial charge in [-0.25, -0.2) is 0 Å². The fraction of sp³-hybridized carbons (Fsp3) is 0.667. The van der Waals surface area contributed by atoms with Crippen molar-refractivity contribution in [2.45, 2.75) is 13.5 Å². The van der Waals surface area contributed by atoms with Crippen LogP contribution in [0.5, 0.6) is 0 Å². The van der Waals surface area contributed by atoms with E-state index in [1.807, 2.05) is 0 Å². The number of hydrogen-bond donors (Lipinski definition) is 0. The van der Waals surface area contributed by atoms with E-state index in [1.165, 1.54) is 6.92 Å². The third kappa shape index (κ3) is 5.75. The van der Waals surface area contributed by atoms with E-state index in [1.54, 1.807) is 0 Å². The van der Waals surface area contributed by atoms with E-state index in [0.717, 1.165) is 0 Å². The summed E-state index contributed by atoms with van der Waals surface area (Å²) in [5, 5.41) is -0.130. The summed E-state index contributed by atoms with van der Waals surface area (Å²) in [4.78, 5) is 0. The Bertz CT molecular complexity index is 73.3. The zero-order chi connectivity index (χ0) is 5.86. The lowest BCUT2D eigenvalue weighted by Crippen LogP contribution is -2.01. The van der Waals surface area contributed by atoms with Crippen LogP contribution < -0.4 is 0 Å². The normalized spacial score (nSPS) is 9.14. The molecule has 0 aromatic carbocycles. The van der Waals surface area contributed by atoms with Crippen molar-refractivity contribution in [2.24, 2.45) is 0 Å². The van der Waals surface area contributed by atoms with Crippen LogP contribution >= 0.6 is 12.2 Å². The predicted octanol–water partition coefficient (Wildman–Crippen LogP) is 1.57. The first kappa shape index (κ1) is 6.75. The van der Waals surface area contributed by atoms with Gasteiger partial charge in [-0.05, 0) is 12.2 Å². The smallest absolute Gasteiger partial charge is 0.387 e. The molecule has 1 nitrogen and oxygen atoms in total. The molecule has 0 aromatic heterocycles. The SMILES string of the molecule is CC(=S)OC(F)F. The second-order valence-electron chi connectivity index (χ2n) is 0.870. The maximum Gasteiger partial charge on any atom is 0.387 e. The number of alkyl halides is 2. The molecule has 0 aliphatic heterocycles. The van der Waals surface area contributed by atoms with Crippen molar-refractivity contribution < 1.29 is 13.5 Å². The molecule has 0 rings (SSSR count). The lowest BCUT2D eigenvalue weighted by Gasteiger charge is -1.97. The highest BCUT2D eigenvalue weighted by Gasteiger charge is 1.99. The summed E-state index contributed by atoms with van der Waals surface area (Å²) >= 11 is 4.17. The molecule has 0 aliphatic carbocycles. The highest BCUT2D eigenvalue weighted by Crippen LogP contribution is 1.94. The Morgan fingerprint density at radius 2 is 2.14 bits per heavy atom. The molecule has 0 fully saturated rings. The summed E-state index contributed by atoms with van der Waals surface area (Å²) in [5.74, 6) is 0. The minimum Gasteiger partial charge on any atom is -0.428 e. The number of rotatable bonds is 1. The van der Waals surface area contributed by atoms with E-state index in [-0.39, 0.29) is 5.05 Å². The maximum absolute atomic E-state index is 11.0. The van der Waals surface area contributed by atoms with Crippen molar-refractivity contribution in [3.8, 4) is 0 Å². The Morgan fingerprint density at radius 1 is 1.71 bits per heavy atom. The fourth-order valence-corrected chi connectivity index (χ4v) is 0.198. The van der Waals surface area contributed by atoms with Gasteiger partial charge in [0.1, 0.15) is 0 Å². The summed E-state index contributed by atoms with van der Waals surface area (Å²) in [6.45, 7) is -1.47. The van der Waals surface area contributed by atoms with Crippen LogP contribution in [0.2, 0.25) is 0 Å². The molecule has 0 atom stereocenters. The third-order valence-corrected chi connectivity index (χ3v) is 0.351. The van der Waals surface area contributed by atoms with Crippen molar-refractivity contribution >= 4 is 17.3 Å². The molecule has 0 amide bonds. The van der Waals surface area contributed by atoms with E-state index in [9.17, 15) is 8.78 Å². The minimum atomic E-state index is -2.77. The van der Waals surface area contributed by atoms with Crippen molar-refractivity contribution in [1.29, 1.82) is 0 Å². The molecular formula is C3H4F2OS. The zero-order valence-electron chi connectivity index (χ0n) is 3.65. The highest BCUT2D eigenvalue weighted by atomic mass is 32.1. The first-order chi connectivity index (χ1) is 3.13. The molecule has 0 bridgehead atoms. The van der Waals surface area contributed by atoms with E-state index in [2.05, 4.69) is 17.0 Å². The van der Waals surface area contributed by atoms with E-state index in [4.69, 9.17) is 0 Å². The van der Waals surface area contributed by atoms with Gasteiger partial charge in [0.25, 0.3) is 0 Å². The van der Waals surface area contributed by atoms with Crippen LogP contribution in [0.3, 0.4) is 0 Å². The van der Waals surface area contributed by atoms with E-state index >= 15 is 0 Å². The third-order valence-electron chi connectivity index (χ3n) is 0.255. The molecule has 4 heteroatoms. The van der Waals surface area contributed by atoms with Gasteiger partial charge in [-0.15, -0.1) is 0 Å². The summed E-state index contributed by atoms with van der Waals surface area (Å²) in [6, 6.07) is 0. The molecule has 0 saturated heterocycles.